The SMILES string of the molecule is CN=C(NCC(C)Oc1cccc(F)c1)N1CC(C)C(C(=O)OC)C1. The molecular weight excluding hydrogens is 325 g/mol. The van der Waals surface area contributed by atoms with Gasteiger partial charge in [-0.25, -0.2) is 4.39 Å². The summed E-state index contributed by atoms with van der Waals surface area (Å²) in [5, 5.41) is 3.25. The van der Waals surface area contributed by atoms with Gasteiger partial charge in [0.25, 0.3) is 0 Å². The van der Waals surface area contributed by atoms with E-state index in [4.69, 9.17) is 9.47 Å². The second-order valence-corrected chi connectivity index (χ2v) is 6.33. The Balaban J connectivity index is 1.87. The number of nitrogens with one attached hydrogen (secondary N) is 1. The van der Waals surface area contributed by atoms with E-state index in [9.17, 15) is 9.18 Å². The molecule has 7 heteroatoms. The van der Waals surface area contributed by atoms with Crippen LogP contribution in [-0.4, -0.2) is 56.7 Å². The number of aliphatic imine (C=N–C) groups is 1. The average molecular weight is 351 g/mol. The minimum absolute atomic E-state index is 0.149. The Bertz CT molecular complexity index is 623. The maximum Gasteiger partial charge on any atom is 0.310 e. The highest BCUT2D eigenvalue weighted by molar-refractivity contribution is 5.82. The number of benzene rings is 1. The number of carbonyl (C=O) groups is 1. The van der Waals surface area contributed by atoms with Crippen molar-refractivity contribution in [1.29, 1.82) is 0 Å². The molecule has 0 aliphatic carbocycles. The first-order valence-electron chi connectivity index (χ1n) is 8.40. The smallest absolute Gasteiger partial charge is 0.310 e. The minimum atomic E-state index is -0.326. The van der Waals surface area contributed by atoms with Gasteiger partial charge in [0.15, 0.2) is 5.96 Å². The standard InChI is InChI=1S/C18H26FN3O3/c1-12-10-22(11-16(12)17(23)24-4)18(20-3)21-9-13(2)25-15-7-5-6-14(19)8-15/h5-8,12-13,16H,9-11H2,1-4H3,(H,20,21). The van der Waals surface area contributed by atoms with Gasteiger partial charge in [-0.05, 0) is 25.0 Å². The van der Waals surface area contributed by atoms with Gasteiger partial charge in [-0.15, -0.1) is 0 Å². The molecule has 0 saturated carbocycles. The van der Waals surface area contributed by atoms with Gasteiger partial charge < -0.3 is 19.7 Å². The molecule has 0 aromatic heterocycles. The molecule has 3 unspecified atom stereocenters. The molecule has 1 N–H and O–H groups in total. The van der Waals surface area contributed by atoms with Crippen molar-refractivity contribution in [3.63, 3.8) is 0 Å². The molecule has 3 atom stereocenters. The van der Waals surface area contributed by atoms with E-state index in [2.05, 4.69) is 10.3 Å². The molecule has 1 aliphatic rings. The number of rotatable bonds is 5. The predicted octanol–water partition coefficient (Wildman–Crippen LogP) is 1.91. The Kier molecular flexibility index (Phi) is 6.61. The molecule has 1 aliphatic heterocycles. The lowest BCUT2D eigenvalue weighted by atomic mass is 9.99. The summed E-state index contributed by atoms with van der Waals surface area (Å²) in [4.78, 5) is 18.1. The Hall–Kier alpha value is -2.31. The van der Waals surface area contributed by atoms with Crippen LogP contribution in [0.2, 0.25) is 0 Å². The van der Waals surface area contributed by atoms with Crippen LogP contribution in [0.15, 0.2) is 29.3 Å². The molecule has 0 radical (unpaired) electrons. The molecule has 1 fully saturated rings. The maximum absolute atomic E-state index is 13.2. The molecule has 138 valence electrons. The van der Waals surface area contributed by atoms with Crippen LogP contribution < -0.4 is 10.1 Å². The van der Waals surface area contributed by atoms with Gasteiger partial charge in [-0.2, -0.15) is 0 Å². The fourth-order valence-electron chi connectivity index (χ4n) is 2.98. The molecule has 2 rings (SSSR count). The first kappa shape index (κ1) is 19.0. The van der Waals surface area contributed by atoms with E-state index in [0.717, 1.165) is 6.54 Å². The molecule has 1 heterocycles. The zero-order chi connectivity index (χ0) is 18.4. The molecule has 1 saturated heterocycles. The third-order valence-corrected chi connectivity index (χ3v) is 4.31. The van der Waals surface area contributed by atoms with Crippen molar-refractivity contribution in [2.45, 2.75) is 20.0 Å². The van der Waals surface area contributed by atoms with Gasteiger partial charge >= 0.3 is 5.97 Å². The van der Waals surface area contributed by atoms with Crippen molar-refractivity contribution >= 4 is 11.9 Å². The van der Waals surface area contributed by atoms with Crippen LogP contribution in [0, 0.1) is 17.7 Å². The zero-order valence-electron chi connectivity index (χ0n) is 15.2. The first-order valence-corrected chi connectivity index (χ1v) is 8.40. The fourth-order valence-corrected chi connectivity index (χ4v) is 2.98. The second kappa shape index (κ2) is 8.69. The second-order valence-electron chi connectivity index (χ2n) is 6.33. The summed E-state index contributed by atoms with van der Waals surface area (Å²) in [6.07, 6.45) is -0.171. The van der Waals surface area contributed by atoms with E-state index in [0.29, 0.717) is 24.8 Å². The Morgan fingerprint density at radius 1 is 1.48 bits per heavy atom. The summed E-state index contributed by atoms with van der Waals surface area (Å²) in [5.74, 6) is 0.746. The van der Waals surface area contributed by atoms with Crippen LogP contribution in [0.4, 0.5) is 4.39 Å². The van der Waals surface area contributed by atoms with Crippen LogP contribution in [0.5, 0.6) is 5.75 Å². The highest BCUT2D eigenvalue weighted by Gasteiger charge is 2.36. The van der Waals surface area contributed by atoms with Crippen molar-refractivity contribution in [2.75, 3.05) is 33.8 Å². The first-order chi connectivity index (χ1) is 11.9. The third-order valence-electron chi connectivity index (χ3n) is 4.31. The van der Waals surface area contributed by atoms with Crippen molar-refractivity contribution in [3.05, 3.63) is 30.1 Å². The fraction of sp³-hybridized carbons (Fsp3) is 0.556. The molecule has 6 nitrogen and oxygen atoms in total. The van der Waals surface area contributed by atoms with Crippen LogP contribution in [-0.2, 0) is 9.53 Å². The molecule has 0 spiro atoms. The lowest BCUT2D eigenvalue weighted by molar-refractivity contribution is -0.145. The van der Waals surface area contributed by atoms with Crippen molar-refractivity contribution in [3.8, 4) is 5.75 Å². The van der Waals surface area contributed by atoms with Gasteiger partial charge in [0, 0.05) is 26.2 Å². The molecule has 0 bridgehead atoms. The van der Waals surface area contributed by atoms with Crippen molar-refractivity contribution < 1.29 is 18.7 Å². The molecule has 1 aromatic rings. The van der Waals surface area contributed by atoms with Gasteiger partial charge in [0.2, 0.25) is 0 Å². The number of esters is 1. The highest BCUT2D eigenvalue weighted by atomic mass is 19.1. The number of nitrogens with zero attached hydrogens (tertiary/aromatic N) is 2. The van der Waals surface area contributed by atoms with Crippen molar-refractivity contribution in [2.24, 2.45) is 16.8 Å². The zero-order valence-corrected chi connectivity index (χ0v) is 15.2. The van der Waals surface area contributed by atoms with Crippen LogP contribution >= 0.6 is 0 Å². The number of hydrogen-bond donors (Lipinski definition) is 1. The quantitative estimate of drug-likeness (QED) is 0.499. The Morgan fingerprint density at radius 2 is 2.24 bits per heavy atom. The van der Waals surface area contributed by atoms with Crippen LogP contribution in [0.3, 0.4) is 0 Å². The number of methoxy groups -OCH3 is 1. The third kappa shape index (κ3) is 5.08. The van der Waals surface area contributed by atoms with Gasteiger partial charge in [0.05, 0.1) is 19.6 Å². The van der Waals surface area contributed by atoms with E-state index in [1.54, 1.807) is 19.2 Å². The topological polar surface area (TPSA) is 63.2 Å². The maximum atomic E-state index is 13.2. The van der Waals surface area contributed by atoms with Gasteiger partial charge in [0.1, 0.15) is 17.7 Å². The van der Waals surface area contributed by atoms with Crippen LogP contribution in [0.1, 0.15) is 13.8 Å². The number of likely N-dealkylation sites (tertiary alicyclic amines) is 1. The molecule has 1 aromatic carbocycles. The monoisotopic (exact) mass is 351 g/mol. The lowest BCUT2D eigenvalue weighted by Crippen LogP contribution is -2.44. The molecule has 0 amide bonds. The van der Waals surface area contributed by atoms with Crippen LogP contribution in [0.25, 0.3) is 0 Å². The highest BCUT2D eigenvalue weighted by Crippen LogP contribution is 2.24. The predicted molar refractivity (Wildman–Crippen MR) is 94.1 cm³/mol. The van der Waals surface area contributed by atoms with Gasteiger partial charge in [-0.3, -0.25) is 9.79 Å². The van der Waals surface area contributed by atoms with E-state index in [1.807, 2.05) is 18.7 Å². The Morgan fingerprint density at radius 3 is 2.88 bits per heavy atom. The average Bonchev–Trinajstić information content (AvgIpc) is 2.96. The molecular formula is C18H26FN3O3. The Labute approximate surface area is 148 Å². The number of guanidine groups is 1. The molecule has 25 heavy (non-hydrogen) atoms. The summed E-state index contributed by atoms with van der Waals surface area (Å²) < 4.78 is 23.8. The van der Waals surface area contributed by atoms with Gasteiger partial charge in [-0.1, -0.05) is 13.0 Å². The van der Waals surface area contributed by atoms with E-state index in [-0.39, 0.29) is 29.7 Å². The number of carbonyl (C=O) groups excluding carboxylic acids is 1. The normalized spacial score (nSPS) is 21.8. The summed E-state index contributed by atoms with van der Waals surface area (Å²) >= 11 is 0. The van der Waals surface area contributed by atoms with E-state index in [1.165, 1.54) is 19.2 Å². The minimum Gasteiger partial charge on any atom is -0.489 e. The van der Waals surface area contributed by atoms with Crippen molar-refractivity contribution in [1.82, 2.24) is 10.2 Å². The largest absolute Gasteiger partial charge is 0.489 e. The van der Waals surface area contributed by atoms with E-state index < -0.39 is 0 Å². The summed E-state index contributed by atoms with van der Waals surface area (Å²) in [5.41, 5.74) is 0. The summed E-state index contributed by atoms with van der Waals surface area (Å²) in [6.45, 7) is 5.75. The lowest BCUT2D eigenvalue weighted by Gasteiger charge is -2.23. The summed E-state index contributed by atoms with van der Waals surface area (Å²) in [6, 6.07) is 6.07. The number of halogens is 1. The number of hydrogen-bond acceptors (Lipinski definition) is 4. The summed E-state index contributed by atoms with van der Waals surface area (Å²) in [7, 11) is 3.12. The van der Waals surface area contributed by atoms with E-state index >= 15 is 0 Å². The number of ether oxygens (including phenoxy) is 2.